The van der Waals surface area contributed by atoms with Gasteiger partial charge >= 0.3 is 17.9 Å². The van der Waals surface area contributed by atoms with E-state index in [1.165, 1.54) is 25.6 Å². The van der Waals surface area contributed by atoms with E-state index in [9.17, 15) is 33.9 Å². The van der Waals surface area contributed by atoms with Gasteiger partial charge in [0.25, 0.3) is 0 Å². The highest BCUT2D eigenvalue weighted by atomic mass is 32.2. The van der Waals surface area contributed by atoms with Gasteiger partial charge in [0.1, 0.15) is 18.1 Å². The number of hydrogen-bond acceptors (Lipinski definition) is 8. The Morgan fingerprint density at radius 3 is 1.82 bits per heavy atom. The van der Waals surface area contributed by atoms with Crippen LogP contribution in [0.25, 0.3) is 0 Å². The first kappa shape index (κ1) is 30.1. The van der Waals surface area contributed by atoms with Crippen molar-refractivity contribution in [3.63, 3.8) is 0 Å². The molecular formula is C19H32N4O9S. The van der Waals surface area contributed by atoms with Crippen molar-refractivity contribution in [3.8, 4) is 0 Å². The van der Waals surface area contributed by atoms with Crippen LogP contribution in [-0.2, 0) is 28.8 Å². The molecule has 0 fully saturated rings. The zero-order chi connectivity index (χ0) is 25.7. The van der Waals surface area contributed by atoms with Gasteiger partial charge in [-0.1, -0.05) is 13.8 Å². The first-order valence-electron chi connectivity index (χ1n) is 10.1. The Balaban J connectivity index is 5.53. The largest absolute Gasteiger partial charge is 0.481 e. The van der Waals surface area contributed by atoms with Crippen LogP contribution in [0.2, 0.25) is 0 Å². The summed E-state index contributed by atoms with van der Waals surface area (Å²) in [4.78, 5) is 71.0. The number of thioether (sulfide) groups is 1. The summed E-state index contributed by atoms with van der Waals surface area (Å²) in [7, 11) is 0. The summed E-state index contributed by atoms with van der Waals surface area (Å²) in [6.07, 6.45) is 0.413. The summed E-state index contributed by atoms with van der Waals surface area (Å²) in [5.41, 5.74) is 5.76. The van der Waals surface area contributed by atoms with Gasteiger partial charge in [-0.05, 0) is 30.8 Å². The highest BCUT2D eigenvalue weighted by Gasteiger charge is 2.32. The highest BCUT2D eigenvalue weighted by molar-refractivity contribution is 7.98. The number of amides is 3. The van der Waals surface area contributed by atoms with Gasteiger partial charge in [-0.25, -0.2) is 4.79 Å². The van der Waals surface area contributed by atoms with Gasteiger partial charge in [-0.2, -0.15) is 11.8 Å². The Hall–Kier alpha value is -2.87. The molecule has 0 radical (unpaired) electrons. The minimum atomic E-state index is -1.66. The predicted molar refractivity (Wildman–Crippen MR) is 118 cm³/mol. The Morgan fingerprint density at radius 1 is 0.818 bits per heavy atom. The van der Waals surface area contributed by atoms with Crippen molar-refractivity contribution >= 4 is 47.4 Å². The molecule has 0 aliphatic heterocycles. The lowest BCUT2D eigenvalue weighted by atomic mass is 10.0. The van der Waals surface area contributed by atoms with Crippen LogP contribution in [0.1, 0.15) is 39.5 Å². The normalized spacial score (nSPS) is 14.5. The van der Waals surface area contributed by atoms with Crippen molar-refractivity contribution in [3.05, 3.63) is 0 Å². The first-order valence-corrected chi connectivity index (χ1v) is 11.5. The molecular weight excluding hydrogens is 460 g/mol. The fraction of sp³-hybridized carbons (Fsp3) is 0.684. The van der Waals surface area contributed by atoms with E-state index in [4.69, 9.17) is 15.9 Å². The third-order valence-corrected chi connectivity index (χ3v) is 5.14. The molecule has 0 aromatic heterocycles. The molecule has 0 saturated heterocycles. The smallest absolute Gasteiger partial charge is 0.326 e. The SMILES string of the molecule is CSCCC(N)C(=O)NC(CCC(=O)O)C(=O)NC(CC(=O)O)C(=O)NC(C(=O)O)C(C)C. The highest BCUT2D eigenvalue weighted by Crippen LogP contribution is 2.06. The van der Waals surface area contributed by atoms with Crippen LogP contribution in [0.3, 0.4) is 0 Å². The van der Waals surface area contributed by atoms with Crippen LogP contribution in [0.4, 0.5) is 0 Å². The summed E-state index contributed by atoms with van der Waals surface area (Å²) < 4.78 is 0. The molecule has 0 aromatic carbocycles. The molecule has 0 aromatic rings. The Labute approximate surface area is 195 Å². The molecule has 4 unspecified atom stereocenters. The lowest BCUT2D eigenvalue weighted by Crippen LogP contribution is -2.58. The Morgan fingerprint density at radius 2 is 1.36 bits per heavy atom. The van der Waals surface area contributed by atoms with Gasteiger partial charge in [0.05, 0.1) is 12.5 Å². The third kappa shape index (κ3) is 12.1. The second-order valence-electron chi connectivity index (χ2n) is 7.61. The number of carboxylic acid groups (broad SMARTS) is 3. The average Bonchev–Trinajstić information content (AvgIpc) is 2.70. The van der Waals surface area contributed by atoms with E-state index < -0.39 is 78.6 Å². The van der Waals surface area contributed by atoms with E-state index in [0.717, 1.165) is 0 Å². The maximum atomic E-state index is 12.7. The Kier molecular flexibility index (Phi) is 13.7. The van der Waals surface area contributed by atoms with Crippen LogP contribution in [0, 0.1) is 5.92 Å². The quantitative estimate of drug-likeness (QED) is 0.133. The molecule has 13 nitrogen and oxygen atoms in total. The summed E-state index contributed by atoms with van der Waals surface area (Å²) in [5, 5.41) is 33.9. The van der Waals surface area contributed by atoms with Gasteiger partial charge in [0.2, 0.25) is 17.7 Å². The molecule has 14 heteroatoms. The third-order valence-electron chi connectivity index (χ3n) is 4.49. The lowest BCUT2D eigenvalue weighted by Gasteiger charge is -2.25. The minimum absolute atomic E-state index is 0.302. The maximum absolute atomic E-state index is 12.7. The number of carbonyl (C=O) groups is 6. The topological polar surface area (TPSA) is 225 Å². The number of carboxylic acids is 3. The van der Waals surface area contributed by atoms with Crippen molar-refractivity contribution in [2.45, 2.75) is 63.7 Å². The number of nitrogens with two attached hydrogens (primary N) is 1. The van der Waals surface area contributed by atoms with Crippen molar-refractivity contribution in [1.29, 1.82) is 0 Å². The van der Waals surface area contributed by atoms with E-state index >= 15 is 0 Å². The molecule has 4 atom stereocenters. The van der Waals surface area contributed by atoms with Crippen molar-refractivity contribution in [1.82, 2.24) is 16.0 Å². The molecule has 0 saturated carbocycles. The van der Waals surface area contributed by atoms with E-state index in [1.54, 1.807) is 0 Å². The number of carbonyl (C=O) groups excluding carboxylic acids is 3. The van der Waals surface area contributed by atoms with Gasteiger partial charge in [-0.3, -0.25) is 24.0 Å². The molecule has 0 aliphatic carbocycles. The standard InChI is InChI=1S/C19H32N4O9S/c1-9(2)15(19(31)32)23-18(30)12(8-14(26)27)22-17(29)11(4-5-13(24)25)21-16(28)10(20)6-7-33-3/h9-12,15H,4-8,20H2,1-3H3,(H,21,28)(H,22,29)(H,23,30)(H,24,25)(H,26,27)(H,31,32). The van der Waals surface area contributed by atoms with Gasteiger partial charge in [-0.15, -0.1) is 0 Å². The number of aliphatic carboxylic acids is 3. The van der Waals surface area contributed by atoms with Crippen LogP contribution in [0.15, 0.2) is 0 Å². The maximum Gasteiger partial charge on any atom is 0.326 e. The monoisotopic (exact) mass is 492 g/mol. The zero-order valence-electron chi connectivity index (χ0n) is 18.7. The lowest BCUT2D eigenvalue weighted by molar-refractivity contribution is -0.144. The number of hydrogen-bond donors (Lipinski definition) is 7. The van der Waals surface area contributed by atoms with Crippen LogP contribution in [-0.4, -0.2) is 87.1 Å². The first-order chi connectivity index (χ1) is 15.3. The fourth-order valence-electron chi connectivity index (χ4n) is 2.61. The van der Waals surface area contributed by atoms with E-state index in [0.29, 0.717) is 12.2 Å². The van der Waals surface area contributed by atoms with Gasteiger partial charge in [0, 0.05) is 6.42 Å². The van der Waals surface area contributed by atoms with E-state index in [2.05, 4.69) is 16.0 Å². The Bertz CT molecular complexity index is 732. The molecule has 0 aliphatic rings. The van der Waals surface area contributed by atoms with E-state index in [-0.39, 0.29) is 6.42 Å². The molecule has 0 spiro atoms. The van der Waals surface area contributed by atoms with Crippen LogP contribution < -0.4 is 21.7 Å². The fourth-order valence-corrected chi connectivity index (χ4v) is 3.10. The summed E-state index contributed by atoms with van der Waals surface area (Å²) in [6, 6.07) is -5.36. The number of nitrogens with one attached hydrogen (secondary N) is 3. The molecule has 0 rings (SSSR count). The number of rotatable bonds is 16. The minimum Gasteiger partial charge on any atom is -0.481 e. The molecule has 8 N–H and O–H groups in total. The molecule has 0 bridgehead atoms. The average molecular weight is 493 g/mol. The van der Waals surface area contributed by atoms with Crippen LogP contribution >= 0.6 is 11.8 Å². The van der Waals surface area contributed by atoms with Crippen molar-refractivity contribution in [2.75, 3.05) is 12.0 Å². The zero-order valence-corrected chi connectivity index (χ0v) is 19.5. The van der Waals surface area contributed by atoms with E-state index in [1.807, 2.05) is 6.26 Å². The van der Waals surface area contributed by atoms with Crippen molar-refractivity contribution in [2.24, 2.45) is 11.7 Å². The second-order valence-corrected chi connectivity index (χ2v) is 8.59. The summed E-state index contributed by atoms with van der Waals surface area (Å²) in [6.45, 7) is 3.06. The van der Waals surface area contributed by atoms with Gasteiger partial charge in [0.15, 0.2) is 0 Å². The predicted octanol–water partition coefficient (Wildman–Crippen LogP) is -1.40. The molecule has 0 heterocycles. The van der Waals surface area contributed by atoms with Crippen LogP contribution in [0.5, 0.6) is 0 Å². The molecule has 188 valence electrons. The molecule has 33 heavy (non-hydrogen) atoms. The second kappa shape index (κ2) is 15.1. The summed E-state index contributed by atoms with van der Waals surface area (Å²) >= 11 is 1.45. The van der Waals surface area contributed by atoms with Crippen molar-refractivity contribution < 1.29 is 44.1 Å². The summed E-state index contributed by atoms with van der Waals surface area (Å²) in [5.74, 6) is -6.75. The molecule has 3 amide bonds. The van der Waals surface area contributed by atoms with Gasteiger partial charge < -0.3 is 37.0 Å².